The Morgan fingerprint density at radius 1 is 1.00 bits per heavy atom. The van der Waals surface area contributed by atoms with Crippen LogP contribution in [0.25, 0.3) is 0 Å². The molecule has 0 bridgehead atoms. The monoisotopic (exact) mass is 293 g/mol. The van der Waals surface area contributed by atoms with Gasteiger partial charge in [0.05, 0.1) is 0 Å². The Kier molecular flexibility index (Phi) is 4.34. The Morgan fingerprint density at radius 2 is 1.57 bits per heavy atom. The first-order valence-electron chi connectivity index (χ1n) is 6.01. The maximum absolute atomic E-state index is 13.2. The molecule has 7 heteroatoms. The molecule has 0 unspecified atom stereocenters. The predicted molar refractivity (Wildman–Crippen MR) is 74.1 cm³/mol. The summed E-state index contributed by atoms with van der Waals surface area (Å²) in [6.07, 6.45) is -4.02. The Hall–Kier alpha value is -2.67. The first-order valence-corrected chi connectivity index (χ1v) is 6.01. The smallest absolute Gasteiger partial charge is 0.425 e. The fourth-order valence-corrected chi connectivity index (χ4v) is 1.57. The van der Waals surface area contributed by atoms with E-state index in [0.29, 0.717) is 5.69 Å². The van der Waals surface area contributed by atoms with Crippen LogP contribution >= 0.6 is 0 Å². The number of hydrogen-bond donors (Lipinski definition) is 3. The van der Waals surface area contributed by atoms with Gasteiger partial charge in [-0.25, -0.2) is 5.84 Å². The van der Waals surface area contributed by atoms with Crippen molar-refractivity contribution in [3.8, 4) is 5.75 Å². The van der Waals surface area contributed by atoms with E-state index in [1.807, 2.05) is 30.3 Å². The number of halogens is 2. The Labute approximate surface area is 119 Å². The van der Waals surface area contributed by atoms with Crippen molar-refractivity contribution in [1.82, 2.24) is 5.43 Å². The van der Waals surface area contributed by atoms with Gasteiger partial charge in [-0.15, -0.1) is 0 Å². The van der Waals surface area contributed by atoms with Gasteiger partial charge in [0.25, 0.3) is 0 Å². The van der Waals surface area contributed by atoms with Crippen molar-refractivity contribution in [1.29, 1.82) is 0 Å². The predicted octanol–water partition coefficient (Wildman–Crippen LogP) is 2.39. The third-order valence-corrected chi connectivity index (χ3v) is 2.56. The third-order valence-electron chi connectivity index (χ3n) is 2.56. The number of nitrogens with one attached hydrogen (secondary N) is 2. The van der Waals surface area contributed by atoms with E-state index in [4.69, 9.17) is 0 Å². The number of hydrazine groups is 1. The molecule has 1 amide bonds. The lowest BCUT2D eigenvalue weighted by molar-refractivity contribution is -0.192. The molecule has 0 atom stereocenters. The number of anilines is 2. The van der Waals surface area contributed by atoms with Crippen LogP contribution in [-0.2, 0) is 4.79 Å². The maximum Gasteiger partial charge on any atom is 0.483 e. The van der Waals surface area contributed by atoms with Crippen LogP contribution in [0.1, 0.15) is 0 Å². The van der Waals surface area contributed by atoms with Gasteiger partial charge < -0.3 is 10.1 Å². The average Bonchev–Trinajstić information content (AvgIpc) is 2.49. The highest BCUT2D eigenvalue weighted by Gasteiger charge is 2.41. The molecular formula is C14H13F2N3O2. The van der Waals surface area contributed by atoms with E-state index in [0.717, 1.165) is 5.69 Å². The number of rotatable bonds is 5. The summed E-state index contributed by atoms with van der Waals surface area (Å²) < 4.78 is 30.7. The molecule has 0 aliphatic rings. The molecule has 0 saturated carbocycles. The molecule has 2 aromatic rings. The molecule has 0 fully saturated rings. The molecule has 110 valence electrons. The minimum atomic E-state index is -4.02. The molecule has 0 radical (unpaired) electrons. The quantitative estimate of drug-likeness (QED) is 0.449. The second-order valence-electron chi connectivity index (χ2n) is 4.11. The number of carbonyl (C=O) groups is 1. The highest BCUT2D eigenvalue weighted by Crippen LogP contribution is 2.24. The molecule has 0 heterocycles. The minimum absolute atomic E-state index is 0.151. The summed E-state index contributed by atoms with van der Waals surface area (Å²) in [7, 11) is 0. The lowest BCUT2D eigenvalue weighted by Crippen LogP contribution is -2.47. The molecule has 4 N–H and O–H groups in total. The van der Waals surface area contributed by atoms with Crippen molar-refractivity contribution in [3.05, 3.63) is 54.6 Å². The van der Waals surface area contributed by atoms with Crippen molar-refractivity contribution >= 4 is 17.3 Å². The summed E-state index contributed by atoms with van der Waals surface area (Å²) in [6.45, 7) is 0. The molecule has 2 aromatic carbocycles. The van der Waals surface area contributed by atoms with Crippen molar-refractivity contribution in [2.24, 2.45) is 5.84 Å². The van der Waals surface area contributed by atoms with Crippen molar-refractivity contribution in [2.45, 2.75) is 6.11 Å². The van der Waals surface area contributed by atoms with E-state index in [-0.39, 0.29) is 5.75 Å². The van der Waals surface area contributed by atoms with E-state index >= 15 is 0 Å². The van der Waals surface area contributed by atoms with E-state index in [1.165, 1.54) is 17.6 Å². The number of benzene rings is 2. The molecule has 0 aliphatic heterocycles. The highest BCUT2D eigenvalue weighted by atomic mass is 19.3. The van der Waals surface area contributed by atoms with Crippen molar-refractivity contribution in [3.63, 3.8) is 0 Å². The maximum atomic E-state index is 13.2. The molecule has 0 spiro atoms. The number of amides is 1. The normalized spacial score (nSPS) is 10.8. The second kappa shape index (κ2) is 6.19. The first kappa shape index (κ1) is 14.7. The number of carbonyl (C=O) groups excluding carboxylic acids is 1. The van der Waals surface area contributed by atoms with Crippen LogP contribution in [0.5, 0.6) is 5.75 Å². The van der Waals surface area contributed by atoms with Crippen LogP contribution in [0, 0.1) is 0 Å². The standard InChI is InChI=1S/C14H13F2N3O2/c15-14(16,13(20)19-17)21-12-8-6-11(7-9-12)18-10-4-2-1-3-5-10/h1-9,18H,17H2,(H,19,20). The third kappa shape index (κ3) is 3.90. The number of ether oxygens (including phenoxy) is 1. The van der Waals surface area contributed by atoms with E-state index < -0.39 is 12.0 Å². The van der Waals surface area contributed by atoms with Gasteiger partial charge in [0, 0.05) is 11.4 Å². The minimum Gasteiger partial charge on any atom is -0.425 e. The Morgan fingerprint density at radius 3 is 2.14 bits per heavy atom. The van der Waals surface area contributed by atoms with E-state index in [2.05, 4.69) is 15.9 Å². The molecule has 2 rings (SSSR count). The summed E-state index contributed by atoms with van der Waals surface area (Å²) in [5, 5.41) is 3.09. The van der Waals surface area contributed by atoms with Gasteiger partial charge in [-0.1, -0.05) is 18.2 Å². The van der Waals surface area contributed by atoms with Crippen LogP contribution in [0.15, 0.2) is 54.6 Å². The van der Waals surface area contributed by atoms with E-state index in [9.17, 15) is 13.6 Å². The summed E-state index contributed by atoms with van der Waals surface area (Å²) >= 11 is 0. The van der Waals surface area contributed by atoms with Crippen LogP contribution in [0.3, 0.4) is 0 Å². The number of alkyl halides is 2. The lowest BCUT2D eigenvalue weighted by Gasteiger charge is -2.16. The van der Waals surface area contributed by atoms with Crippen LogP contribution in [-0.4, -0.2) is 12.0 Å². The second-order valence-corrected chi connectivity index (χ2v) is 4.11. The zero-order chi connectivity index (χ0) is 15.3. The first-order chi connectivity index (χ1) is 10.0. The van der Waals surface area contributed by atoms with Gasteiger partial charge in [-0.3, -0.25) is 10.2 Å². The van der Waals surface area contributed by atoms with Gasteiger partial charge >= 0.3 is 12.0 Å². The van der Waals surface area contributed by atoms with Crippen LogP contribution < -0.4 is 21.3 Å². The summed E-state index contributed by atoms with van der Waals surface area (Å²) in [5.41, 5.74) is 2.90. The van der Waals surface area contributed by atoms with Crippen molar-refractivity contribution in [2.75, 3.05) is 5.32 Å². The summed E-state index contributed by atoms with van der Waals surface area (Å²) in [5.74, 6) is 2.79. The van der Waals surface area contributed by atoms with Crippen LogP contribution in [0.2, 0.25) is 0 Å². The molecule has 21 heavy (non-hydrogen) atoms. The van der Waals surface area contributed by atoms with E-state index in [1.54, 1.807) is 12.1 Å². The molecule has 0 aliphatic carbocycles. The Bertz CT molecular complexity index is 603. The highest BCUT2D eigenvalue weighted by molar-refractivity contribution is 5.81. The molecular weight excluding hydrogens is 280 g/mol. The number of para-hydroxylation sites is 1. The van der Waals surface area contributed by atoms with Gasteiger partial charge in [-0.05, 0) is 36.4 Å². The molecule has 5 nitrogen and oxygen atoms in total. The Balaban J connectivity index is 2.04. The zero-order valence-electron chi connectivity index (χ0n) is 10.8. The SMILES string of the molecule is NNC(=O)C(F)(F)Oc1ccc(Nc2ccccc2)cc1. The van der Waals surface area contributed by atoms with Gasteiger partial charge in [0.2, 0.25) is 0 Å². The summed E-state index contributed by atoms with van der Waals surface area (Å²) in [6, 6.07) is 15.1. The largest absolute Gasteiger partial charge is 0.483 e. The fourth-order valence-electron chi connectivity index (χ4n) is 1.57. The fraction of sp³-hybridized carbons (Fsp3) is 0.0714. The molecule has 0 aromatic heterocycles. The van der Waals surface area contributed by atoms with Gasteiger partial charge in [-0.2, -0.15) is 8.78 Å². The zero-order valence-corrected chi connectivity index (χ0v) is 10.8. The number of hydrogen-bond acceptors (Lipinski definition) is 4. The average molecular weight is 293 g/mol. The summed E-state index contributed by atoms with van der Waals surface area (Å²) in [4.78, 5) is 10.8. The van der Waals surface area contributed by atoms with Gasteiger partial charge in [0.1, 0.15) is 5.75 Å². The van der Waals surface area contributed by atoms with Crippen molar-refractivity contribution < 1.29 is 18.3 Å². The number of nitrogens with two attached hydrogens (primary N) is 1. The molecule has 0 saturated heterocycles. The van der Waals surface area contributed by atoms with Crippen LogP contribution in [0.4, 0.5) is 20.2 Å². The lowest BCUT2D eigenvalue weighted by atomic mass is 10.2. The van der Waals surface area contributed by atoms with Gasteiger partial charge in [0.15, 0.2) is 0 Å². The topological polar surface area (TPSA) is 76.4 Å².